The highest BCUT2D eigenvalue weighted by atomic mass is 16.3. The fourth-order valence-electron chi connectivity index (χ4n) is 2.25. The molecule has 0 radical (unpaired) electrons. The Balaban J connectivity index is 2.00. The summed E-state index contributed by atoms with van der Waals surface area (Å²) < 4.78 is 0. The highest BCUT2D eigenvalue weighted by molar-refractivity contribution is 5.95. The number of nitrogens with zero attached hydrogens (tertiary/aromatic N) is 1. The number of carbonyl (C=O) groups excluding carboxylic acids is 1. The largest absolute Gasteiger partial charge is 0.508 e. The van der Waals surface area contributed by atoms with E-state index >= 15 is 0 Å². The average molecular weight is 235 g/mol. The molecular weight excluding hydrogens is 218 g/mol. The van der Waals surface area contributed by atoms with Crippen LogP contribution in [0.2, 0.25) is 0 Å². The third-order valence-electron chi connectivity index (χ3n) is 3.07. The molecule has 1 aliphatic rings. The second-order valence-corrected chi connectivity index (χ2v) is 4.69. The van der Waals surface area contributed by atoms with Crippen LogP contribution in [0.4, 0.5) is 0 Å². The van der Waals surface area contributed by atoms with Crippen molar-refractivity contribution in [1.29, 1.82) is 0 Å². The van der Waals surface area contributed by atoms with Crippen LogP contribution in [0.15, 0.2) is 24.3 Å². The Bertz CT molecular complexity index is 424. The Morgan fingerprint density at radius 3 is 2.76 bits per heavy atom. The van der Waals surface area contributed by atoms with Gasteiger partial charge in [-0.3, -0.25) is 4.79 Å². The zero-order chi connectivity index (χ0) is 12.5. The van der Waals surface area contributed by atoms with Crippen molar-refractivity contribution in [3.63, 3.8) is 0 Å². The first-order chi connectivity index (χ1) is 8.04. The summed E-state index contributed by atoms with van der Waals surface area (Å²) in [6.07, 6.45) is 1.63. The fourth-order valence-corrected chi connectivity index (χ4v) is 2.25. The molecule has 1 aromatic carbocycles. The van der Waals surface area contributed by atoms with E-state index in [0.717, 1.165) is 12.8 Å². The number of phenols is 1. The molecule has 0 saturated carbocycles. The number of hydrogen-bond acceptors (Lipinski definition) is 3. The maximum atomic E-state index is 12.0. The molecule has 1 aliphatic heterocycles. The minimum absolute atomic E-state index is 0.0835. The van der Waals surface area contributed by atoms with E-state index in [1.807, 2.05) is 6.92 Å². The van der Waals surface area contributed by atoms with E-state index < -0.39 is 5.60 Å². The molecule has 2 N–H and O–H groups in total. The molecular formula is C13H17NO3. The summed E-state index contributed by atoms with van der Waals surface area (Å²) in [6, 6.07) is 6.28. The van der Waals surface area contributed by atoms with Gasteiger partial charge in [-0.15, -0.1) is 0 Å². The lowest BCUT2D eigenvalue weighted by atomic mass is 9.89. The average Bonchev–Trinajstić information content (AvgIpc) is 2.25. The van der Waals surface area contributed by atoms with Gasteiger partial charge in [0, 0.05) is 5.56 Å². The minimum Gasteiger partial charge on any atom is -0.508 e. The Labute approximate surface area is 100 Å². The molecule has 0 bridgehead atoms. The maximum Gasteiger partial charge on any atom is 0.254 e. The van der Waals surface area contributed by atoms with Crippen LogP contribution >= 0.6 is 0 Å². The number of rotatable bonds is 3. The van der Waals surface area contributed by atoms with Crippen LogP contribution in [-0.4, -0.2) is 39.7 Å². The molecule has 1 amide bonds. The van der Waals surface area contributed by atoms with Crippen LogP contribution in [0, 0.1) is 0 Å². The first-order valence-corrected chi connectivity index (χ1v) is 5.85. The van der Waals surface area contributed by atoms with E-state index in [0.29, 0.717) is 18.7 Å². The Kier molecular flexibility index (Phi) is 3.07. The Morgan fingerprint density at radius 2 is 2.18 bits per heavy atom. The number of aromatic hydroxyl groups is 1. The normalized spacial score (nSPS) is 17.6. The Hall–Kier alpha value is -1.55. The van der Waals surface area contributed by atoms with Crippen LogP contribution in [0.25, 0.3) is 0 Å². The van der Waals surface area contributed by atoms with Crippen molar-refractivity contribution in [2.24, 2.45) is 0 Å². The van der Waals surface area contributed by atoms with Crippen LogP contribution in [0.3, 0.4) is 0 Å². The van der Waals surface area contributed by atoms with E-state index in [-0.39, 0.29) is 11.7 Å². The number of amides is 1. The van der Waals surface area contributed by atoms with Crippen molar-refractivity contribution >= 4 is 5.91 Å². The smallest absolute Gasteiger partial charge is 0.254 e. The Morgan fingerprint density at radius 1 is 1.47 bits per heavy atom. The van der Waals surface area contributed by atoms with Crippen LogP contribution in [0.1, 0.15) is 30.1 Å². The number of β-amino-alcohol motifs (C(OH)–C–C–N with tert-alkyl or cyclic N) is 1. The van der Waals surface area contributed by atoms with E-state index in [9.17, 15) is 15.0 Å². The van der Waals surface area contributed by atoms with Gasteiger partial charge in [-0.2, -0.15) is 0 Å². The van der Waals surface area contributed by atoms with Gasteiger partial charge in [0.2, 0.25) is 0 Å². The minimum atomic E-state index is -0.707. The molecule has 92 valence electrons. The molecule has 2 rings (SSSR count). The number of aliphatic hydroxyl groups is 1. The third-order valence-corrected chi connectivity index (χ3v) is 3.07. The molecule has 1 saturated heterocycles. The van der Waals surface area contributed by atoms with Gasteiger partial charge in [-0.05, 0) is 24.6 Å². The van der Waals surface area contributed by atoms with Gasteiger partial charge in [-0.1, -0.05) is 19.4 Å². The van der Waals surface area contributed by atoms with E-state index in [4.69, 9.17) is 0 Å². The molecule has 1 aromatic rings. The van der Waals surface area contributed by atoms with Crippen molar-refractivity contribution in [2.45, 2.75) is 25.4 Å². The molecule has 0 aromatic heterocycles. The molecule has 17 heavy (non-hydrogen) atoms. The zero-order valence-electron chi connectivity index (χ0n) is 9.89. The lowest BCUT2D eigenvalue weighted by Gasteiger charge is -2.46. The summed E-state index contributed by atoms with van der Waals surface area (Å²) in [7, 11) is 0. The first kappa shape index (κ1) is 11.9. The summed E-state index contributed by atoms with van der Waals surface area (Å²) >= 11 is 0. The molecule has 0 atom stereocenters. The lowest BCUT2D eigenvalue weighted by molar-refractivity contribution is -0.0860. The van der Waals surface area contributed by atoms with Crippen LogP contribution in [-0.2, 0) is 0 Å². The summed E-state index contributed by atoms with van der Waals surface area (Å²) in [4.78, 5) is 13.6. The monoisotopic (exact) mass is 235 g/mol. The van der Waals surface area contributed by atoms with Crippen LogP contribution in [0.5, 0.6) is 5.75 Å². The SMILES string of the molecule is CCCC1(O)CN(C(=O)c2cccc(O)c2)C1. The number of hydrogen-bond donors (Lipinski definition) is 2. The van der Waals surface area contributed by atoms with Gasteiger partial charge in [-0.25, -0.2) is 0 Å². The number of likely N-dealkylation sites (tertiary alicyclic amines) is 1. The summed E-state index contributed by atoms with van der Waals surface area (Å²) in [6.45, 7) is 2.78. The summed E-state index contributed by atoms with van der Waals surface area (Å²) in [5, 5.41) is 19.3. The van der Waals surface area contributed by atoms with Crippen molar-refractivity contribution < 1.29 is 15.0 Å². The van der Waals surface area contributed by atoms with E-state index in [2.05, 4.69) is 0 Å². The highest BCUT2D eigenvalue weighted by Crippen LogP contribution is 2.27. The van der Waals surface area contributed by atoms with Crippen molar-refractivity contribution in [2.75, 3.05) is 13.1 Å². The molecule has 4 heteroatoms. The fraction of sp³-hybridized carbons (Fsp3) is 0.462. The molecule has 0 spiro atoms. The van der Waals surface area contributed by atoms with Gasteiger partial charge >= 0.3 is 0 Å². The van der Waals surface area contributed by atoms with Crippen molar-refractivity contribution in [3.05, 3.63) is 29.8 Å². The van der Waals surface area contributed by atoms with Gasteiger partial charge in [0.05, 0.1) is 18.7 Å². The first-order valence-electron chi connectivity index (χ1n) is 5.85. The molecule has 4 nitrogen and oxygen atoms in total. The van der Waals surface area contributed by atoms with Crippen molar-refractivity contribution in [1.82, 2.24) is 4.90 Å². The number of phenolic OH excluding ortho intramolecular Hbond substituents is 1. The van der Waals surface area contributed by atoms with Gasteiger partial charge in [0.25, 0.3) is 5.91 Å². The second-order valence-electron chi connectivity index (χ2n) is 4.69. The van der Waals surface area contributed by atoms with Crippen LogP contribution < -0.4 is 0 Å². The van der Waals surface area contributed by atoms with Gasteiger partial charge in [0.1, 0.15) is 5.75 Å². The summed E-state index contributed by atoms with van der Waals surface area (Å²) in [5.74, 6) is -0.0538. The molecule has 1 heterocycles. The van der Waals surface area contributed by atoms with Gasteiger partial charge in [0.15, 0.2) is 0 Å². The highest BCUT2D eigenvalue weighted by Gasteiger charge is 2.42. The standard InChI is InChI=1S/C13H17NO3/c1-2-6-13(17)8-14(9-13)12(16)10-4-3-5-11(15)7-10/h3-5,7,15,17H,2,6,8-9H2,1H3. The topological polar surface area (TPSA) is 60.8 Å². The van der Waals surface area contributed by atoms with E-state index in [1.165, 1.54) is 12.1 Å². The quantitative estimate of drug-likeness (QED) is 0.832. The number of benzene rings is 1. The van der Waals surface area contributed by atoms with Crippen molar-refractivity contribution in [3.8, 4) is 5.75 Å². The van der Waals surface area contributed by atoms with E-state index in [1.54, 1.807) is 17.0 Å². The zero-order valence-corrected chi connectivity index (χ0v) is 9.89. The lowest BCUT2D eigenvalue weighted by Crippen LogP contribution is -2.63. The maximum absolute atomic E-state index is 12.0. The summed E-state index contributed by atoms with van der Waals surface area (Å²) in [5.41, 5.74) is -0.245. The predicted molar refractivity (Wildman–Crippen MR) is 63.9 cm³/mol. The number of carbonyl (C=O) groups is 1. The predicted octanol–water partition coefficient (Wildman–Crippen LogP) is 1.38. The van der Waals surface area contributed by atoms with Gasteiger partial charge < -0.3 is 15.1 Å². The third kappa shape index (κ3) is 2.42. The second kappa shape index (κ2) is 4.37. The molecule has 1 fully saturated rings. The molecule has 0 aliphatic carbocycles. The molecule has 0 unspecified atom stereocenters.